The molecule has 0 bridgehead atoms. The van der Waals surface area contributed by atoms with Crippen LogP contribution in [0.25, 0.3) is 18.0 Å². The molecule has 230 valence electrons. The molecule has 1 aliphatic heterocycles. The van der Waals surface area contributed by atoms with Crippen molar-refractivity contribution in [2.24, 2.45) is 5.92 Å². The number of carbonyl (C=O) groups excluding carboxylic acids is 1. The molecule has 0 spiro atoms. The Hall–Kier alpha value is -2.69. The van der Waals surface area contributed by atoms with Gasteiger partial charge >= 0.3 is 0 Å². The van der Waals surface area contributed by atoms with Crippen molar-refractivity contribution in [1.29, 1.82) is 0 Å². The topological polar surface area (TPSA) is 95.5 Å². The Morgan fingerprint density at radius 1 is 1.10 bits per heavy atom. The summed E-state index contributed by atoms with van der Waals surface area (Å²) in [6, 6.07) is 5.08. The second kappa shape index (κ2) is 12.9. The number of benzene rings is 1. The number of fused-ring (bicyclic) bond motifs is 1. The molecule has 0 radical (unpaired) electrons. The lowest BCUT2D eigenvalue weighted by Gasteiger charge is -2.33. The van der Waals surface area contributed by atoms with Gasteiger partial charge in [-0.1, -0.05) is 6.08 Å². The summed E-state index contributed by atoms with van der Waals surface area (Å²) in [7, 11) is -1.38. The molecule has 2 heterocycles. The lowest BCUT2D eigenvalue weighted by atomic mass is 9.81. The van der Waals surface area contributed by atoms with E-state index in [1.807, 2.05) is 20.0 Å². The van der Waals surface area contributed by atoms with E-state index in [0.717, 1.165) is 69.8 Å². The highest BCUT2D eigenvalue weighted by atomic mass is 32.2. The summed E-state index contributed by atoms with van der Waals surface area (Å²) >= 11 is 0. The third-order valence-corrected chi connectivity index (χ3v) is 10.2. The minimum Gasteiger partial charge on any atom is -0.386 e. The first-order chi connectivity index (χ1) is 20.0. The van der Waals surface area contributed by atoms with Crippen LogP contribution in [0.1, 0.15) is 87.1 Å². The smallest absolute Gasteiger partial charge is 0.256 e. The number of nitrogens with one attached hydrogen (secondary N) is 3. The molecule has 42 heavy (non-hydrogen) atoms. The van der Waals surface area contributed by atoms with Gasteiger partial charge in [-0.15, -0.1) is 0 Å². The van der Waals surface area contributed by atoms with Crippen LogP contribution in [0.3, 0.4) is 0 Å². The van der Waals surface area contributed by atoms with E-state index in [0.29, 0.717) is 29.1 Å². The van der Waals surface area contributed by atoms with Gasteiger partial charge in [-0.3, -0.25) is 4.79 Å². The van der Waals surface area contributed by atoms with Crippen LogP contribution in [0.4, 0.5) is 4.39 Å². The molecule has 10 heteroatoms. The van der Waals surface area contributed by atoms with E-state index < -0.39 is 15.8 Å². The highest BCUT2D eigenvalue weighted by molar-refractivity contribution is 7.88. The minimum atomic E-state index is -3.14. The highest BCUT2D eigenvalue weighted by Gasteiger charge is 2.28. The Morgan fingerprint density at radius 3 is 2.45 bits per heavy atom. The Morgan fingerprint density at radius 2 is 1.79 bits per heavy atom. The number of carbonyl (C=O) groups is 1. The third-order valence-electron chi connectivity index (χ3n) is 9.41. The van der Waals surface area contributed by atoms with Crippen LogP contribution >= 0.6 is 0 Å². The van der Waals surface area contributed by atoms with Crippen LogP contribution in [0.15, 0.2) is 24.4 Å². The SMILES string of the molecule is CC(C)N(C)C(=O)c1cc(F)ccc1-n1cc(C2CCC(NCC3CCC(NS(C)(=O)=O)CC3)CC2)c2c1=CNCC=2. The summed E-state index contributed by atoms with van der Waals surface area (Å²) in [6.45, 7) is 5.66. The summed E-state index contributed by atoms with van der Waals surface area (Å²) in [5, 5.41) is 9.36. The zero-order valence-electron chi connectivity index (χ0n) is 25.3. The van der Waals surface area contributed by atoms with Gasteiger partial charge < -0.3 is 20.1 Å². The van der Waals surface area contributed by atoms with E-state index in [1.54, 1.807) is 18.0 Å². The van der Waals surface area contributed by atoms with E-state index in [1.165, 1.54) is 29.2 Å². The molecule has 0 unspecified atom stereocenters. The molecule has 5 rings (SSSR count). The predicted octanol–water partition coefficient (Wildman–Crippen LogP) is 2.94. The van der Waals surface area contributed by atoms with E-state index in [4.69, 9.17) is 0 Å². The molecule has 2 aromatic rings. The van der Waals surface area contributed by atoms with Crippen LogP contribution in [0.2, 0.25) is 0 Å². The zero-order valence-corrected chi connectivity index (χ0v) is 26.1. The minimum absolute atomic E-state index is 0.0000258. The quantitative estimate of drug-likeness (QED) is 0.412. The van der Waals surface area contributed by atoms with E-state index in [2.05, 4.69) is 32.2 Å². The van der Waals surface area contributed by atoms with Crippen molar-refractivity contribution in [3.63, 3.8) is 0 Å². The standard InChI is InChI=1S/C32H46FN5O3S/c1-21(2)37(3)32(39)28-17-24(33)9-14-30(28)38-20-29(27-15-16-34-19-31(27)38)23-7-12-25(13-8-23)35-18-22-5-10-26(11-6-22)36-42(4,40)41/h9,14-15,17,19-23,25-26,34-36H,5-8,10-13,16,18H2,1-4H3. The first kappa shape index (κ1) is 30.8. The van der Waals surface area contributed by atoms with Crippen LogP contribution in [0.5, 0.6) is 0 Å². The van der Waals surface area contributed by atoms with E-state index >= 15 is 0 Å². The van der Waals surface area contributed by atoms with E-state index in [9.17, 15) is 17.6 Å². The average molecular weight is 600 g/mol. The fourth-order valence-electron chi connectivity index (χ4n) is 6.81. The number of sulfonamides is 1. The molecule has 8 nitrogen and oxygen atoms in total. The van der Waals surface area contributed by atoms with Gasteiger partial charge in [0.15, 0.2) is 0 Å². The average Bonchev–Trinajstić information content (AvgIpc) is 3.35. The van der Waals surface area contributed by atoms with Crippen molar-refractivity contribution in [2.75, 3.05) is 26.4 Å². The number of aromatic nitrogens is 1. The molecule has 3 N–H and O–H groups in total. The van der Waals surface area contributed by atoms with Crippen molar-refractivity contribution in [1.82, 2.24) is 24.8 Å². The summed E-state index contributed by atoms with van der Waals surface area (Å²) in [5.41, 5.74) is 2.36. The van der Waals surface area contributed by atoms with Crippen molar-refractivity contribution in [3.05, 3.63) is 51.9 Å². The molecule has 1 amide bonds. The zero-order chi connectivity index (χ0) is 30.0. The summed E-state index contributed by atoms with van der Waals surface area (Å²) in [6.07, 6.45) is 16.0. The number of hydrogen-bond acceptors (Lipinski definition) is 5. The summed E-state index contributed by atoms with van der Waals surface area (Å²) < 4.78 is 42.3. The fraction of sp³-hybridized carbons (Fsp3) is 0.594. The van der Waals surface area contributed by atoms with Gasteiger partial charge in [0, 0.05) is 49.3 Å². The second-order valence-corrected chi connectivity index (χ2v) is 14.5. The monoisotopic (exact) mass is 599 g/mol. The summed E-state index contributed by atoms with van der Waals surface area (Å²) in [5.74, 6) is 0.416. The summed E-state index contributed by atoms with van der Waals surface area (Å²) in [4.78, 5) is 15.0. The van der Waals surface area contributed by atoms with Gasteiger partial charge in [-0.25, -0.2) is 17.5 Å². The largest absolute Gasteiger partial charge is 0.386 e. The Kier molecular flexibility index (Phi) is 9.44. The van der Waals surface area contributed by atoms with Gasteiger partial charge in [0.25, 0.3) is 5.91 Å². The van der Waals surface area contributed by atoms with Crippen molar-refractivity contribution < 1.29 is 17.6 Å². The van der Waals surface area contributed by atoms with Gasteiger partial charge in [0.05, 0.1) is 22.9 Å². The lowest BCUT2D eigenvalue weighted by molar-refractivity contribution is 0.0754. The molecular formula is C32H46FN5O3S. The van der Waals surface area contributed by atoms with Gasteiger partial charge in [-0.2, -0.15) is 0 Å². The van der Waals surface area contributed by atoms with Gasteiger partial charge in [0.2, 0.25) is 10.0 Å². The van der Waals surface area contributed by atoms with Crippen molar-refractivity contribution in [2.45, 2.75) is 89.3 Å². The van der Waals surface area contributed by atoms with Gasteiger partial charge in [0.1, 0.15) is 5.82 Å². The maximum atomic E-state index is 14.4. The highest BCUT2D eigenvalue weighted by Crippen LogP contribution is 2.33. The normalized spacial score (nSPS) is 24.3. The molecule has 2 saturated carbocycles. The first-order valence-electron chi connectivity index (χ1n) is 15.4. The molecule has 3 aliphatic rings. The third kappa shape index (κ3) is 7.09. The van der Waals surface area contributed by atoms with Crippen LogP contribution < -0.4 is 25.9 Å². The Balaban J connectivity index is 1.27. The second-order valence-electron chi connectivity index (χ2n) is 12.7. The molecule has 1 aromatic heterocycles. The number of amides is 1. The lowest BCUT2D eigenvalue weighted by Crippen LogP contribution is -2.41. The van der Waals surface area contributed by atoms with Crippen LogP contribution in [0, 0.1) is 11.7 Å². The van der Waals surface area contributed by atoms with Crippen molar-refractivity contribution in [3.8, 4) is 5.69 Å². The number of rotatable bonds is 9. The fourth-order valence-corrected chi connectivity index (χ4v) is 7.65. The first-order valence-corrected chi connectivity index (χ1v) is 17.3. The number of halogens is 1. The molecular weight excluding hydrogens is 553 g/mol. The molecule has 2 aliphatic carbocycles. The molecule has 0 atom stereocenters. The Bertz CT molecular complexity index is 1500. The predicted molar refractivity (Wildman–Crippen MR) is 166 cm³/mol. The van der Waals surface area contributed by atoms with Crippen molar-refractivity contribution >= 4 is 28.2 Å². The Labute approximate surface area is 249 Å². The number of nitrogens with zero attached hydrogens (tertiary/aromatic N) is 2. The van der Waals surface area contributed by atoms with Crippen LogP contribution in [-0.4, -0.2) is 68.3 Å². The molecule has 1 aromatic carbocycles. The maximum Gasteiger partial charge on any atom is 0.256 e. The van der Waals surface area contributed by atoms with E-state index in [-0.39, 0.29) is 18.0 Å². The van der Waals surface area contributed by atoms with Crippen LogP contribution in [-0.2, 0) is 10.0 Å². The van der Waals surface area contributed by atoms with Gasteiger partial charge in [-0.05, 0) is 107 Å². The molecule has 0 saturated heterocycles. The number of hydrogen-bond donors (Lipinski definition) is 3. The molecule has 2 fully saturated rings. The maximum absolute atomic E-state index is 14.4.